The van der Waals surface area contributed by atoms with E-state index in [1.807, 2.05) is 0 Å². The Labute approximate surface area is 128 Å². The highest BCUT2D eigenvalue weighted by molar-refractivity contribution is 4.94. The molecule has 122 valence electrons. The van der Waals surface area contributed by atoms with Gasteiger partial charge in [0.2, 0.25) is 0 Å². The van der Waals surface area contributed by atoms with Crippen LogP contribution >= 0.6 is 0 Å². The van der Waals surface area contributed by atoms with Crippen molar-refractivity contribution in [2.75, 3.05) is 0 Å². The smallest absolute Gasteiger partial charge is 0.0603 e. The van der Waals surface area contributed by atoms with E-state index in [4.69, 9.17) is 0 Å². The molecule has 3 heteroatoms. The molecule has 3 saturated carbocycles. The largest absolute Gasteiger partial charge is 0.393 e. The van der Waals surface area contributed by atoms with E-state index in [1.54, 1.807) is 0 Å². The van der Waals surface area contributed by atoms with E-state index in [0.717, 1.165) is 57.8 Å². The summed E-state index contributed by atoms with van der Waals surface area (Å²) in [5, 5.41) is 31.6. The fourth-order valence-corrected chi connectivity index (χ4v) is 5.46. The van der Waals surface area contributed by atoms with Gasteiger partial charge in [-0.25, -0.2) is 0 Å². The van der Waals surface area contributed by atoms with E-state index < -0.39 is 0 Å². The molecular weight excluding hydrogens is 264 g/mol. The lowest BCUT2D eigenvalue weighted by molar-refractivity contribution is -0.0932. The molecule has 0 amide bonds. The quantitative estimate of drug-likeness (QED) is 0.734. The Kier molecular flexibility index (Phi) is 5.23. The molecule has 0 aromatic rings. The second kappa shape index (κ2) is 6.97. The van der Waals surface area contributed by atoms with Crippen LogP contribution in [0.5, 0.6) is 0 Å². The molecule has 21 heavy (non-hydrogen) atoms. The monoisotopic (exact) mass is 296 g/mol. The van der Waals surface area contributed by atoms with E-state index in [0.29, 0.717) is 0 Å². The maximum absolute atomic E-state index is 10.9. The number of hydrogen-bond acceptors (Lipinski definition) is 3. The average Bonchev–Trinajstić information content (AvgIpc) is 2.49. The summed E-state index contributed by atoms with van der Waals surface area (Å²) in [6.45, 7) is 0. The number of hydrogen-bond donors (Lipinski definition) is 3. The van der Waals surface area contributed by atoms with Crippen LogP contribution in [-0.4, -0.2) is 33.6 Å². The third kappa shape index (κ3) is 3.30. The Morgan fingerprint density at radius 3 is 1.24 bits per heavy atom. The molecule has 0 aliphatic heterocycles. The first-order valence-corrected chi connectivity index (χ1v) is 9.22. The molecule has 3 fully saturated rings. The molecule has 0 radical (unpaired) electrons. The van der Waals surface area contributed by atoms with Gasteiger partial charge < -0.3 is 15.3 Å². The molecule has 0 saturated heterocycles. The van der Waals surface area contributed by atoms with Gasteiger partial charge in [0.25, 0.3) is 0 Å². The van der Waals surface area contributed by atoms with E-state index >= 15 is 0 Å². The maximum Gasteiger partial charge on any atom is 0.0603 e. The van der Waals surface area contributed by atoms with Crippen molar-refractivity contribution in [1.82, 2.24) is 0 Å². The van der Waals surface area contributed by atoms with Crippen molar-refractivity contribution in [2.24, 2.45) is 23.7 Å². The van der Waals surface area contributed by atoms with E-state index in [-0.39, 0.29) is 42.0 Å². The molecule has 7 atom stereocenters. The highest BCUT2D eigenvalue weighted by Gasteiger charge is 2.44. The van der Waals surface area contributed by atoms with E-state index in [2.05, 4.69) is 0 Å². The van der Waals surface area contributed by atoms with Crippen LogP contribution in [0.25, 0.3) is 0 Å². The van der Waals surface area contributed by atoms with Crippen molar-refractivity contribution in [1.29, 1.82) is 0 Å². The second-order valence-corrected chi connectivity index (χ2v) is 7.78. The summed E-state index contributed by atoms with van der Waals surface area (Å²) in [7, 11) is 0. The lowest BCUT2D eigenvalue weighted by Gasteiger charge is -2.46. The van der Waals surface area contributed by atoms with Gasteiger partial charge in [0, 0.05) is 0 Å². The standard InChI is InChI=1S/C18H32O3/c19-16-10-3-1-6-12(16)14-8-5-9-15(18(14)21)13-7-2-4-11-17(13)20/h12-21H,1-11H2/t12-,13+,14+,15-,16+,17-,18?. The van der Waals surface area contributed by atoms with Gasteiger partial charge in [-0.05, 0) is 62.2 Å². The van der Waals surface area contributed by atoms with Crippen LogP contribution in [0.3, 0.4) is 0 Å². The van der Waals surface area contributed by atoms with Crippen molar-refractivity contribution in [2.45, 2.75) is 88.9 Å². The summed E-state index contributed by atoms with van der Waals surface area (Å²) in [4.78, 5) is 0. The minimum Gasteiger partial charge on any atom is -0.393 e. The summed E-state index contributed by atoms with van der Waals surface area (Å²) >= 11 is 0. The Hall–Kier alpha value is -0.120. The minimum atomic E-state index is -0.311. The molecule has 3 rings (SSSR count). The fraction of sp³-hybridized carbons (Fsp3) is 1.00. The van der Waals surface area contributed by atoms with Crippen molar-refractivity contribution < 1.29 is 15.3 Å². The Balaban J connectivity index is 1.69. The first-order valence-electron chi connectivity index (χ1n) is 9.22. The number of aliphatic hydroxyl groups is 3. The fourth-order valence-electron chi connectivity index (χ4n) is 5.46. The SMILES string of the molecule is OC1[C@H]([C@H]2CCCC[C@@H]2O)CCC[C@@H]1[C@@H]1CCCC[C@H]1O. The van der Waals surface area contributed by atoms with Gasteiger partial charge in [0.05, 0.1) is 18.3 Å². The molecule has 1 unspecified atom stereocenters. The van der Waals surface area contributed by atoms with Gasteiger partial charge >= 0.3 is 0 Å². The van der Waals surface area contributed by atoms with Crippen molar-refractivity contribution in [3.8, 4) is 0 Å². The predicted octanol–water partition coefficient (Wildman–Crippen LogP) is 2.87. The van der Waals surface area contributed by atoms with Crippen LogP contribution in [0.1, 0.15) is 70.6 Å². The summed E-state index contributed by atoms with van der Waals surface area (Å²) in [5.74, 6) is 1.09. The minimum absolute atomic E-state index is 0.214. The molecular formula is C18H32O3. The van der Waals surface area contributed by atoms with Gasteiger partial charge in [-0.2, -0.15) is 0 Å². The lowest BCUT2D eigenvalue weighted by Crippen LogP contribution is -2.47. The molecule has 0 aromatic heterocycles. The van der Waals surface area contributed by atoms with Crippen LogP contribution < -0.4 is 0 Å². The summed E-state index contributed by atoms with van der Waals surface area (Å²) < 4.78 is 0. The molecule has 3 N–H and O–H groups in total. The average molecular weight is 296 g/mol. The van der Waals surface area contributed by atoms with Gasteiger partial charge in [-0.3, -0.25) is 0 Å². The summed E-state index contributed by atoms with van der Waals surface area (Å²) in [6, 6.07) is 0. The van der Waals surface area contributed by atoms with Crippen LogP contribution in [0, 0.1) is 23.7 Å². The van der Waals surface area contributed by atoms with Crippen LogP contribution in [0.15, 0.2) is 0 Å². The topological polar surface area (TPSA) is 60.7 Å². The predicted molar refractivity (Wildman–Crippen MR) is 82.8 cm³/mol. The molecule has 0 heterocycles. The maximum atomic E-state index is 10.9. The highest BCUT2D eigenvalue weighted by Crippen LogP contribution is 2.45. The molecule has 3 aliphatic carbocycles. The Bertz CT molecular complexity index is 302. The zero-order valence-electron chi connectivity index (χ0n) is 13.2. The summed E-state index contributed by atoms with van der Waals surface area (Å²) in [6.07, 6.45) is 11.1. The number of rotatable bonds is 2. The zero-order valence-corrected chi connectivity index (χ0v) is 13.2. The first-order chi connectivity index (χ1) is 10.2. The second-order valence-electron chi connectivity index (χ2n) is 7.78. The number of aliphatic hydroxyl groups excluding tert-OH is 3. The van der Waals surface area contributed by atoms with Gasteiger partial charge in [-0.15, -0.1) is 0 Å². The van der Waals surface area contributed by atoms with Crippen LogP contribution in [0.4, 0.5) is 0 Å². The van der Waals surface area contributed by atoms with Gasteiger partial charge in [0.15, 0.2) is 0 Å². The van der Waals surface area contributed by atoms with Crippen LogP contribution in [-0.2, 0) is 0 Å². The molecule has 0 spiro atoms. The van der Waals surface area contributed by atoms with E-state index in [9.17, 15) is 15.3 Å². The molecule has 0 aromatic carbocycles. The van der Waals surface area contributed by atoms with Crippen molar-refractivity contribution in [3.05, 3.63) is 0 Å². The molecule has 3 nitrogen and oxygen atoms in total. The lowest BCUT2D eigenvalue weighted by atomic mass is 9.63. The Morgan fingerprint density at radius 2 is 0.810 bits per heavy atom. The third-order valence-electron chi connectivity index (χ3n) is 6.62. The first kappa shape index (κ1) is 15.8. The normalized spacial score (nSPS) is 49.0. The zero-order chi connectivity index (χ0) is 14.8. The third-order valence-corrected chi connectivity index (χ3v) is 6.62. The van der Waals surface area contributed by atoms with E-state index in [1.165, 1.54) is 12.8 Å². The van der Waals surface area contributed by atoms with Crippen molar-refractivity contribution >= 4 is 0 Å². The molecule has 0 bridgehead atoms. The highest BCUT2D eigenvalue weighted by atomic mass is 16.3. The van der Waals surface area contributed by atoms with Gasteiger partial charge in [-0.1, -0.05) is 32.1 Å². The molecule has 3 aliphatic rings. The van der Waals surface area contributed by atoms with Crippen LogP contribution in [0.2, 0.25) is 0 Å². The summed E-state index contributed by atoms with van der Waals surface area (Å²) in [5.41, 5.74) is 0. The van der Waals surface area contributed by atoms with Gasteiger partial charge in [0.1, 0.15) is 0 Å². The Morgan fingerprint density at radius 1 is 0.429 bits per heavy atom. The van der Waals surface area contributed by atoms with Crippen molar-refractivity contribution in [3.63, 3.8) is 0 Å².